The molecule has 15 heavy (non-hydrogen) atoms. The first-order valence-corrected chi connectivity index (χ1v) is 5.51. The monoisotopic (exact) mass is 202 g/mol. The standard InChI is InChI=1S/C12H14N2O/c15-12-11-9(8-13-12)4-3-5-10(11)14-6-1-2-7-14/h3-5H,1-2,6-8H2,(H,13,15). The molecule has 0 atom stereocenters. The van der Waals surface area contributed by atoms with Gasteiger partial charge in [-0.05, 0) is 24.5 Å². The zero-order chi connectivity index (χ0) is 10.3. The maximum Gasteiger partial charge on any atom is 0.254 e. The molecule has 1 aromatic carbocycles. The third kappa shape index (κ3) is 1.30. The number of nitrogens with one attached hydrogen (secondary N) is 1. The first-order valence-electron chi connectivity index (χ1n) is 5.51. The quantitative estimate of drug-likeness (QED) is 0.749. The minimum Gasteiger partial charge on any atom is -0.371 e. The number of rotatable bonds is 1. The summed E-state index contributed by atoms with van der Waals surface area (Å²) in [6.07, 6.45) is 2.48. The van der Waals surface area contributed by atoms with Gasteiger partial charge in [0.05, 0.1) is 5.56 Å². The second-order valence-corrected chi connectivity index (χ2v) is 4.19. The minimum absolute atomic E-state index is 0.0903. The van der Waals surface area contributed by atoms with Gasteiger partial charge in [0, 0.05) is 25.3 Å². The lowest BCUT2D eigenvalue weighted by Gasteiger charge is -2.19. The van der Waals surface area contributed by atoms with Crippen LogP contribution in [0.3, 0.4) is 0 Å². The highest BCUT2D eigenvalue weighted by atomic mass is 16.1. The zero-order valence-corrected chi connectivity index (χ0v) is 8.62. The average Bonchev–Trinajstić information content (AvgIpc) is 2.88. The third-order valence-electron chi connectivity index (χ3n) is 3.24. The van der Waals surface area contributed by atoms with E-state index in [0.717, 1.165) is 29.9 Å². The molecular formula is C12H14N2O. The summed E-state index contributed by atoms with van der Waals surface area (Å²) in [6.45, 7) is 2.86. The predicted octanol–water partition coefficient (Wildman–Crippen LogP) is 1.53. The summed E-state index contributed by atoms with van der Waals surface area (Å²) >= 11 is 0. The molecule has 1 aromatic rings. The van der Waals surface area contributed by atoms with Crippen molar-refractivity contribution in [1.82, 2.24) is 5.32 Å². The fraction of sp³-hybridized carbons (Fsp3) is 0.417. The van der Waals surface area contributed by atoms with Crippen LogP contribution in [0.25, 0.3) is 0 Å². The fourth-order valence-electron chi connectivity index (χ4n) is 2.48. The molecule has 2 aliphatic rings. The van der Waals surface area contributed by atoms with Crippen molar-refractivity contribution in [2.75, 3.05) is 18.0 Å². The summed E-state index contributed by atoms with van der Waals surface area (Å²) in [6, 6.07) is 6.15. The molecule has 78 valence electrons. The molecule has 2 heterocycles. The van der Waals surface area contributed by atoms with Crippen molar-refractivity contribution >= 4 is 11.6 Å². The van der Waals surface area contributed by atoms with Gasteiger partial charge in [0.25, 0.3) is 5.91 Å². The van der Waals surface area contributed by atoms with E-state index < -0.39 is 0 Å². The predicted molar refractivity (Wildman–Crippen MR) is 59.1 cm³/mol. The summed E-state index contributed by atoms with van der Waals surface area (Å²) in [5.74, 6) is 0.0903. The van der Waals surface area contributed by atoms with Crippen LogP contribution in [-0.2, 0) is 6.54 Å². The molecule has 0 aliphatic carbocycles. The van der Waals surface area contributed by atoms with Crippen molar-refractivity contribution < 1.29 is 4.79 Å². The van der Waals surface area contributed by atoms with Crippen LogP contribution in [0.15, 0.2) is 18.2 Å². The Bertz CT molecular complexity index is 408. The Morgan fingerprint density at radius 3 is 2.80 bits per heavy atom. The van der Waals surface area contributed by atoms with E-state index >= 15 is 0 Å². The number of hydrogen-bond acceptors (Lipinski definition) is 2. The van der Waals surface area contributed by atoms with Crippen molar-refractivity contribution in [2.45, 2.75) is 19.4 Å². The Balaban J connectivity index is 2.07. The number of benzene rings is 1. The summed E-state index contributed by atoms with van der Waals surface area (Å²) in [7, 11) is 0. The van der Waals surface area contributed by atoms with E-state index in [9.17, 15) is 4.79 Å². The van der Waals surface area contributed by atoms with E-state index in [-0.39, 0.29) is 5.91 Å². The zero-order valence-electron chi connectivity index (χ0n) is 8.62. The molecule has 1 fully saturated rings. The van der Waals surface area contributed by atoms with Gasteiger partial charge in [-0.3, -0.25) is 4.79 Å². The van der Waals surface area contributed by atoms with Gasteiger partial charge in [0.2, 0.25) is 0 Å². The van der Waals surface area contributed by atoms with Crippen molar-refractivity contribution in [3.8, 4) is 0 Å². The van der Waals surface area contributed by atoms with Crippen LogP contribution in [0.4, 0.5) is 5.69 Å². The van der Waals surface area contributed by atoms with Crippen LogP contribution in [0, 0.1) is 0 Å². The third-order valence-corrected chi connectivity index (χ3v) is 3.24. The molecule has 3 heteroatoms. The van der Waals surface area contributed by atoms with Crippen molar-refractivity contribution in [1.29, 1.82) is 0 Å². The van der Waals surface area contributed by atoms with Gasteiger partial charge in [0.15, 0.2) is 0 Å². The number of carbonyl (C=O) groups excluding carboxylic acids is 1. The summed E-state index contributed by atoms with van der Waals surface area (Å²) in [5.41, 5.74) is 3.17. The first-order chi connectivity index (χ1) is 7.36. The second-order valence-electron chi connectivity index (χ2n) is 4.19. The fourth-order valence-corrected chi connectivity index (χ4v) is 2.48. The molecule has 3 rings (SSSR count). The highest BCUT2D eigenvalue weighted by Gasteiger charge is 2.25. The van der Waals surface area contributed by atoms with Gasteiger partial charge >= 0.3 is 0 Å². The van der Waals surface area contributed by atoms with E-state index in [1.807, 2.05) is 12.1 Å². The Hall–Kier alpha value is -1.51. The summed E-state index contributed by atoms with van der Waals surface area (Å²) < 4.78 is 0. The second kappa shape index (κ2) is 3.26. The van der Waals surface area contributed by atoms with E-state index in [2.05, 4.69) is 16.3 Å². The molecule has 0 saturated carbocycles. The van der Waals surface area contributed by atoms with Gasteiger partial charge in [-0.2, -0.15) is 0 Å². The molecule has 1 N–H and O–H groups in total. The molecule has 3 nitrogen and oxygen atoms in total. The van der Waals surface area contributed by atoms with Crippen LogP contribution in [0.5, 0.6) is 0 Å². The smallest absolute Gasteiger partial charge is 0.254 e. The van der Waals surface area contributed by atoms with E-state index in [1.165, 1.54) is 12.8 Å². The van der Waals surface area contributed by atoms with Crippen molar-refractivity contribution in [2.24, 2.45) is 0 Å². The number of anilines is 1. The molecule has 2 aliphatic heterocycles. The molecular weight excluding hydrogens is 188 g/mol. The molecule has 1 amide bonds. The van der Waals surface area contributed by atoms with Gasteiger partial charge in [-0.25, -0.2) is 0 Å². The summed E-state index contributed by atoms with van der Waals surface area (Å²) in [5, 5.41) is 2.88. The summed E-state index contributed by atoms with van der Waals surface area (Å²) in [4.78, 5) is 14.0. The number of hydrogen-bond donors (Lipinski definition) is 1. The van der Waals surface area contributed by atoms with Crippen LogP contribution in [-0.4, -0.2) is 19.0 Å². The van der Waals surface area contributed by atoms with E-state index in [0.29, 0.717) is 6.54 Å². The van der Waals surface area contributed by atoms with Crippen molar-refractivity contribution in [3.63, 3.8) is 0 Å². The molecule has 0 unspecified atom stereocenters. The number of fused-ring (bicyclic) bond motifs is 1. The van der Waals surface area contributed by atoms with Crippen LogP contribution < -0.4 is 10.2 Å². The van der Waals surface area contributed by atoms with Gasteiger partial charge < -0.3 is 10.2 Å². The number of nitrogens with zero attached hydrogens (tertiary/aromatic N) is 1. The van der Waals surface area contributed by atoms with Crippen LogP contribution >= 0.6 is 0 Å². The molecule has 1 saturated heterocycles. The van der Waals surface area contributed by atoms with Crippen LogP contribution in [0.1, 0.15) is 28.8 Å². The number of amides is 1. The van der Waals surface area contributed by atoms with Crippen molar-refractivity contribution in [3.05, 3.63) is 29.3 Å². The molecule has 0 bridgehead atoms. The van der Waals surface area contributed by atoms with E-state index in [4.69, 9.17) is 0 Å². The molecule has 0 aromatic heterocycles. The molecule has 0 radical (unpaired) electrons. The van der Waals surface area contributed by atoms with Gasteiger partial charge in [0.1, 0.15) is 0 Å². The lowest BCUT2D eigenvalue weighted by Crippen LogP contribution is -2.21. The van der Waals surface area contributed by atoms with Crippen LogP contribution in [0.2, 0.25) is 0 Å². The maximum absolute atomic E-state index is 11.7. The Labute approximate surface area is 89.1 Å². The Morgan fingerprint density at radius 2 is 2.00 bits per heavy atom. The normalized spacial score (nSPS) is 19.2. The highest BCUT2D eigenvalue weighted by Crippen LogP contribution is 2.29. The number of carbonyl (C=O) groups is 1. The van der Waals surface area contributed by atoms with E-state index in [1.54, 1.807) is 0 Å². The Kier molecular flexibility index (Phi) is 1.91. The topological polar surface area (TPSA) is 32.3 Å². The SMILES string of the molecule is O=C1NCc2cccc(N3CCCC3)c21. The first kappa shape index (κ1) is 8.77. The average molecular weight is 202 g/mol. The molecule has 0 spiro atoms. The maximum atomic E-state index is 11.7. The van der Waals surface area contributed by atoms with Gasteiger partial charge in [-0.15, -0.1) is 0 Å². The largest absolute Gasteiger partial charge is 0.371 e. The lowest BCUT2D eigenvalue weighted by atomic mass is 10.1. The lowest BCUT2D eigenvalue weighted by molar-refractivity contribution is 0.0966. The highest BCUT2D eigenvalue weighted by molar-refractivity contribution is 6.03. The Morgan fingerprint density at radius 1 is 1.20 bits per heavy atom. The van der Waals surface area contributed by atoms with Gasteiger partial charge in [-0.1, -0.05) is 12.1 Å². The minimum atomic E-state index is 0.0903.